The molecule has 0 aliphatic heterocycles. The lowest BCUT2D eigenvalue weighted by molar-refractivity contribution is -0.104. The second kappa shape index (κ2) is 1.66. The summed E-state index contributed by atoms with van der Waals surface area (Å²) in [6, 6.07) is 0. The normalized spacial score (nSPS) is 24.0. The minimum Gasteiger partial charge on any atom is -0.390 e. The van der Waals surface area contributed by atoms with Gasteiger partial charge in [-0.25, -0.2) is 8.78 Å². The van der Waals surface area contributed by atoms with E-state index in [1.165, 1.54) is 6.92 Å². The van der Waals surface area contributed by atoms with Crippen molar-refractivity contribution in [2.24, 2.45) is 5.41 Å². The molecule has 0 amide bonds. The van der Waals surface area contributed by atoms with E-state index in [1.807, 2.05) is 0 Å². The van der Waals surface area contributed by atoms with Crippen LogP contribution in [0.2, 0.25) is 0 Å². The van der Waals surface area contributed by atoms with Gasteiger partial charge in [0.15, 0.2) is 0 Å². The van der Waals surface area contributed by atoms with Gasteiger partial charge in [0.1, 0.15) is 6.61 Å². The zero-order valence-electron chi connectivity index (χ0n) is 5.32. The minimum absolute atomic E-state index is 0.542. The van der Waals surface area contributed by atoms with Crippen LogP contribution in [0.3, 0.4) is 0 Å². The Morgan fingerprint density at radius 1 is 1.56 bits per heavy atom. The fourth-order valence-electron chi connectivity index (χ4n) is 0.744. The van der Waals surface area contributed by atoms with Crippen molar-refractivity contribution in [3.63, 3.8) is 0 Å². The second-order valence-electron chi connectivity index (χ2n) is 2.92. The molecule has 3 heteroatoms. The third-order valence-corrected chi connectivity index (χ3v) is 2.08. The van der Waals surface area contributed by atoms with Crippen molar-refractivity contribution in [2.45, 2.75) is 25.7 Å². The van der Waals surface area contributed by atoms with E-state index in [4.69, 9.17) is 5.11 Å². The first-order chi connectivity index (χ1) is 4.02. The molecular weight excluding hydrogens is 126 g/mol. The number of aliphatic hydroxyl groups excluding tert-OH is 1. The lowest BCUT2D eigenvalue weighted by atomic mass is 10.0. The van der Waals surface area contributed by atoms with Gasteiger partial charge in [-0.2, -0.15) is 0 Å². The van der Waals surface area contributed by atoms with E-state index in [1.54, 1.807) is 0 Å². The number of alkyl halides is 2. The predicted octanol–water partition coefficient (Wildman–Crippen LogP) is 1.41. The van der Waals surface area contributed by atoms with Gasteiger partial charge in [0.05, 0.1) is 0 Å². The van der Waals surface area contributed by atoms with Crippen LogP contribution in [0.25, 0.3) is 0 Å². The summed E-state index contributed by atoms with van der Waals surface area (Å²) in [6.45, 7) is 0.493. The average Bonchev–Trinajstić information content (AvgIpc) is 2.49. The van der Waals surface area contributed by atoms with E-state index in [9.17, 15) is 8.78 Å². The number of rotatable bonds is 2. The Hall–Kier alpha value is -0.180. The molecule has 1 aliphatic rings. The summed E-state index contributed by atoms with van der Waals surface area (Å²) in [7, 11) is 0. The van der Waals surface area contributed by atoms with Gasteiger partial charge in [-0.1, -0.05) is 6.92 Å². The van der Waals surface area contributed by atoms with Crippen molar-refractivity contribution in [2.75, 3.05) is 6.61 Å². The number of hydrogen-bond acceptors (Lipinski definition) is 1. The third-order valence-electron chi connectivity index (χ3n) is 2.08. The highest BCUT2D eigenvalue weighted by Crippen LogP contribution is 2.55. The number of hydrogen-bond donors (Lipinski definition) is 1. The molecule has 1 N–H and O–H groups in total. The van der Waals surface area contributed by atoms with Gasteiger partial charge in [0.2, 0.25) is 0 Å². The van der Waals surface area contributed by atoms with E-state index in [0.29, 0.717) is 12.8 Å². The van der Waals surface area contributed by atoms with Crippen LogP contribution in [0.1, 0.15) is 19.8 Å². The lowest BCUT2D eigenvalue weighted by Crippen LogP contribution is -2.31. The number of halogens is 2. The molecule has 54 valence electrons. The third kappa shape index (κ3) is 0.936. The molecule has 0 aromatic rings. The molecule has 0 heterocycles. The molecule has 1 saturated carbocycles. The Kier molecular flexibility index (Phi) is 1.28. The van der Waals surface area contributed by atoms with Crippen LogP contribution in [-0.2, 0) is 0 Å². The molecule has 0 aromatic heterocycles. The summed E-state index contributed by atoms with van der Waals surface area (Å²) in [5, 5.41) is 8.22. The highest BCUT2D eigenvalue weighted by Gasteiger charge is 2.57. The first kappa shape index (κ1) is 6.93. The van der Waals surface area contributed by atoms with Crippen molar-refractivity contribution in [1.82, 2.24) is 0 Å². The maximum Gasteiger partial charge on any atom is 0.275 e. The zero-order valence-corrected chi connectivity index (χ0v) is 5.32. The van der Waals surface area contributed by atoms with Gasteiger partial charge in [-0.3, -0.25) is 0 Å². The molecule has 0 unspecified atom stereocenters. The van der Waals surface area contributed by atoms with E-state index >= 15 is 0 Å². The summed E-state index contributed by atoms with van der Waals surface area (Å²) in [4.78, 5) is 0. The molecule has 1 nitrogen and oxygen atoms in total. The van der Waals surface area contributed by atoms with Crippen molar-refractivity contribution in [3.05, 3.63) is 0 Å². The van der Waals surface area contributed by atoms with E-state index in [2.05, 4.69) is 0 Å². The van der Waals surface area contributed by atoms with Gasteiger partial charge in [-0.15, -0.1) is 0 Å². The molecular formula is C6H10F2O. The van der Waals surface area contributed by atoms with Crippen LogP contribution in [0.4, 0.5) is 8.78 Å². The standard InChI is InChI=1S/C6H10F2O/c1-5(2-3-5)6(7,8)4-9/h9H,2-4H2,1H3. The Morgan fingerprint density at radius 2 is 2.00 bits per heavy atom. The van der Waals surface area contributed by atoms with Crippen LogP contribution in [0, 0.1) is 5.41 Å². The zero-order chi connectivity index (χ0) is 7.12. The maximum atomic E-state index is 12.5. The van der Waals surface area contributed by atoms with Gasteiger partial charge >= 0.3 is 0 Å². The highest BCUT2D eigenvalue weighted by atomic mass is 19.3. The van der Waals surface area contributed by atoms with Crippen LogP contribution >= 0.6 is 0 Å². The molecule has 0 saturated heterocycles. The summed E-state index contributed by atoms with van der Waals surface area (Å²) < 4.78 is 24.9. The van der Waals surface area contributed by atoms with Gasteiger partial charge in [0.25, 0.3) is 5.92 Å². The number of aliphatic hydroxyl groups is 1. The summed E-state index contributed by atoms with van der Waals surface area (Å²) in [5.41, 5.74) is -0.887. The molecule has 1 rings (SSSR count). The Labute approximate surface area is 52.7 Å². The van der Waals surface area contributed by atoms with Gasteiger partial charge < -0.3 is 5.11 Å². The second-order valence-corrected chi connectivity index (χ2v) is 2.92. The van der Waals surface area contributed by atoms with E-state index in [0.717, 1.165) is 0 Å². The van der Waals surface area contributed by atoms with Crippen LogP contribution in [-0.4, -0.2) is 17.6 Å². The fourth-order valence-corrected chi connectivity index (χ4v) is 0.744. The van der Waals surface area contributed by atoms with Crippen LogP contribution in [0.15, 0.2) is 0 Å². The highest BCUT2D eigenvalue weighted by molar-refractivity contribution is 4.99. The first-order valence-electron chi connectivity index (χ1n) is 3.00. The molecule has 0 spiro atoms. The summed E-state index contributed by atoms with van der Waals surface area (Å²) in [5.74, 6) is -2.85. The molecule has 0 bridgehead atoms. The molecule has 1 fully saturated rings. The van der Waals surface area contributed by atoms with Crippen molar-refractivity contribution in [3.8, 4) is 0 Å². The minimum atomic E-state index is -2.85. The molecule has 0 atom stereocenters. The Morgan fingerprint density at radius 3 is 2.11 bits per heavy atom. The lowest BCUT2D eigenvalue weighted by Gasteiger charge is -2.19. The summed E-state index contributed by atoms with van der Waals surface area (Å²) >= 11 is 0. The molecule has 9 heavy (non-hydrogen) atoms. The fraction of sp³-hybridized carbons (Fsp3) is 1.00. The van der Waals surface area contributed by atoms with Gasteiger partial charge in [0, 0.05) is 5.41 Å². The van der Waals surface area contributed by atoms with E-state index < -0.39 is 17.9 Å². The maximum absolute atomic E-state index is 12.5. The molecule has 1 aliphatic carbocycles. The van der Waals surface area contributed by atoms with Gasteiger partial charge in [-0.05, 0) is 12.8 Å². The quantitative estimate of drug-likeness (QED) is 0.608. The Bertz CT molecular complexity index is 118. The smallest absolute Gasteiger partial charge is 0.275 e. The van der Waals surface area contributed by atoms with E-state index in [-0.39, 0.29) is 0 Å². The topological polar surface area (TPSA) is 20.2 Å². The first-order valence-corrected chi connectivity index (χ1v) is 3.00. The predicted molar refractivity (Wildman–Crippen MR) is 29.4 cm³/mol. The van der Waals surface area contributed by atoms with Crippen molar-refractivity contribution >= 4 is 0 Å². The SMILES string of the molecule is CC1(C(F)(F)CO)CC1. The van der Waals surface area contributed by atoms with Crippen LogP contribution in [0.5, 0.6) is 0 Å². The average molecular weight is 136 g/mol. The monoisotopic (exact) mass is 136 g/mol. The van der Waals surface area contributed by atoms with Crippen molar-refractivity contribution in [1.29, 1.82) is 0 Å². The summed E-state index contributed by atoms with van der Waals surface area (Å²) in [6.07, 6.45) is 1.08. The molecule has 0 radical (unpaired) electrons. The molecule has 0 aromatic carbocycles. The van der Waals surface area contributed by atoms with Crippen LogP contribution < -0.4 is 0 Å². The Balaban J connectivity index is 2.58. The largest absolute Gasteiger partial charge is 0.390 e. The van der Waals surface area contributed by atoms with Crippen molar-refractivity contribution < 1.29 is 13.9 Å².